The Morgan fingerprint density at radius 2 is 0.702 bits per heavy atom. The number of hydrogen-bond donors (Lipinski definition) is 2. The summed E-state index contributed by atoms with van der Waals surface area (Å²) in [7, 11) is 0. The molecule has 0 fully saturated rings. The van der Waals surface area contributed by atoms with Crippen LogP contribution in [0.15, 0.2) is 99.4 Å². The first kappa shape index (κ1) is 39.2. The lowest BCUT2D eigenvalue weighted by Crippen LogP contribution is -1.90. The third kappa shape index (κ3) is 10.4. The van der Waals surface area contributed by atoms with E-state index in [2.05, 4.69) is 98.8 Å². The van der Waals surface area contributed by atoms with Gasteiger partial charge in [-0.2, -0.15) is 0 Å². The Balaban J connectivity index is 0.980. The minimum Gasteiger partial charge on any atom is -0.135 e. The first-order valence-corrected chi connectivity index (χ1v) is 28.0. The molecule has 0 amide bonds. The Bertz CT molecular complexity index is 1570. The van der Waals surface area contributed by atoms with E-state index in [1.54, 1.807) is 23.5 Å². The smallest absolute Gasteiger partial charge is 0.0717 e. The van der Waals surface area contributed by atoms with Crippen molar-refractivity contribution in [1.29, 1.82) is 0 Å². The number of thioether (sulfide) groups is 14. The van der Waals surface area contributed by atoms with Gasteiger partial charge in [-0.05, 0) is 53.7 Å². The summed E-state index contributed by atoms with van der Waals surface area (Å²) in [5.74, 6) is 1.98. The highest BCUT2D eigenvalue weighted by molar-refractivity contribution is 8.45. The van der Waals surface area contributed by atoms with Crippen molar-refractivity contribution in [2.75, 3.05) is 25.0 Å². The van der Waals surface area contributed by atoms with Crippen LogP contribution in [-0.2, 0) is 17.9 Å². The molecule has 0 aliphatic carbocycles. The minimum atomic E-state index is 0.959. The van der Waals surface area contributed by atoms with Crippen molar-refractivity contribution in [3.8, 4) is 0 Å². The summed E-state index contributed by atoms with van der Waals surface area (Å²) in [5, 5.41) is 0. The van der Waals surface area contributed by atoms with Crippen molar-refractivity contribution in [3.63, 3.8) is 0 Å². The molecule has 4 aliphatic heterocycles. The average Bonchev–Trinajstić information content (AvgIpc) is 3.88. The molecule has 0 N–H and O–H groups in total. The zero-order valence-electron chi connectivity index (χ0n) is 25.4. The zero-order valence-corrected chi connectivity index (χ0v) is 38.6. The van der Waals surface area contributed by atoms with E-state index in [9.17, 15) is 0 Å². The average molecular weight is 914 g/mol. The Labute approximate surface area is 349 Å². The normalized spacial score (nSPS) is 21.9. The molecule has 4 heterocycles. The molecule has 0 atom stereocenters. The fourth-order valence-corrected chi connectivity index (χ4v) is 23.7. The van der Waals surface area contributed by atoms with Gasteiger partial charge in [0.2, 0.25) is 0 Å². The van der Waals surface area contributed by atoms with Crippen molar-refractivity contribution in [3.05, 3.63) is 122 Å². The van der Waals surface area contributed by atoms with E-state index in [1.807, 2.05) is 141 Å². The van der Waals surface area contributed by atoms with Crippen LogP contribution >= 0.6 is 190 Å². The van der Waals surface area contributed by atoms with Gasteiger partial charge >= 0.3 is 0 Å². The van der Waals surface area contributed by atoms with Gasteiger partial charge in [-0.3, -0.25) is 0 Å². The van der Waals surface area contributed by atoms with Crippen molar-refractivity contribution in [2.24, 2.45) is 0 Å². The van der Waals surface area contributed by atoms with E-state index in [0.717, 1.165) is 26.4 Å². The Kier molecular flexibility index (Phi) is 16.0. The maximum Gasteiger partial charge on any atom is 0.0717 e. The van der Waals surface area contributed by atoms with E-state index in [0.29, 0.717) is 0 Å². The molecule has 0 aromatic heterocycles. The Morgan fingerprint density at radius 3 is 1.04 bits per heavy atom. The fourth-order valence-electron chi connectivity index (χ4n) is 4.16. The number of rotatable bonds is 12. The maximum atomic E-state index is 4.68. The summed E-state index contributed by atoms with van der Waals surface area (Å²) < 4.78 is 16.1. The molecular formula is C31H28S16. The van der Waals surface area contributed by atoms with Gasteiger partial charge in [0, 0.05) is 11.5 Å². The van der Waals surface area contributed by atoms with Crippen LogP contribution < -0.4 is 0 Å². The van der Waals surface area contributed by atoms with Crippen molar-refractivity contribution >= 4 is 190 Å². The number of thiol groups is 2. The second-order valence-corrected chi connectivity index (χ2v) is 27.0. The maximum absolute atomic E-state index is 4.68. The predicted molar refractivity (Wildman–Crippen MR) is 253 cm³/mol. The van der Waals surface area contributed by atoms with Crippen molar-refractivity contribution in [1.82, 2.24) is 0 Å². The molecule has 2 aromatic carbocycles. The second kappa shape index (κ2) is 19.2. The molecule has 47 heavy (non-hydrogen) atoms. The zero-order chi connectivity index (χ0) is 32.9. The summed E-state index contributed by atoms with van der Waals surface area (Å²) in [6.45, 7) is 0. The van der Waals surface area contributed by atoms with Crippen LogP contribution in [0.5, 0.6) is 0 Å². The summed E-state index contributed by atoms with van der Waals surface area (Å²) >= 11 is 35.7. The third-order valence-corrected chi connectivity index (χ3v) is 27.3. The predicted octanol–water partition coefficient (Wildman–Crippen LogP) is 15.7. The summed E-state index contributed by atoms with van der Waals surface area (Å²) in [4.78, 5) is 0. The summed E-state index contributed by atoms with van der Waals surface area (Å²) in [6.07, 6.45) is 9.60. The standard InChI is InChI=1S/C31H28S16/c1-34-22-20(32)40-28(42-22)30-44-24(36-3)26(46-30)38-14-18-9-5-16(6-10-18)13-17-7-11-19(12-8-17)15-39-27-25(37-4)45-31(47-27)29-41-21(33)23(35-2)43-29/h5-12,32-33H,13-15H2,1-4H3/b30-28+,31-29+. The minimum absolute atomic E-state index is 0.959. The van der Waals surface area contributed by atoms with E-state index in [-0.39, 0.29) is 0 Å². The van der Waals surface area contributed by atoms with E-state index in [4.69, 9.17) is 0 Å². The van der Waals surface area contributed by atoms with E-state index < -0.39 is 0 Å². The lowest BCUT2D eigenvalue weighted by molar-refractivity contribution is 1.18. The Hall–Kier alpha value is 2.48. The van der Waals surface area contributed by atoms with Gasteiger partial charge in [0.05, 0.1) is 50.8 Å². The third-order valence-electron chi connectivity index (χ3n) is 6.44. The molecule has 16 heteroatoms. The van der Waals surface area contributed by atoms with E-state index in [1.165, 1.54) is 64.6 Å². The van der Waals surface area contributed by atoms with Gasteiger partial charge in [-0.1, -0.05) is 143 Å². The summed E-state index contributed by atoms with van der Waals surface area (Å²) in [6, 6.07) is 18.4. The molecule has 2 aromatic rings. The monoisotopic (exact) mass is 912 g/mol. The molecule has 0 radical (unpaired) electrons. The largest absolute Gasteiger partial charge is 0.135 e. The second-order valence-electron chi connectivity index (χ2n) is 9.50. The molecule has 6 rings (SSSR count). The highest BCUT2D eigenvalue weighted by Crippen LogP contribution is 2.66. The molecule has 0 nitrogen and oxygen atoms in total. The van der Waals surface area contributed by atoms with Crippen LogP contribution in [0, 0.1) is 0 Å². The van der Waals surface area contributed by atoms with Crippen molar-refractivity contribution in [2.45, 2.75) is 17.9 Å². The molecule has 0 unspecified atom stereocenters. The van der Waals surface area contributed by atoms with Gasteiger partial charge in [0.25, 0.3) is 0 Å². The molecule has 0 saturated heterocycles. The Morgan fingerprint density at radius 1 is 0.404 bits per heavy atom. The van der Waals surface area contributed by atoms with Gasteiger partial charge in [-0.25, -0.2) is 0 Å². The van der Waals surface area contributed by atoms with Gasteiger partial charge in [-0.15, -0.1) is 95.8 Å². The molecule has 0 spiro atoms. The van der Waals surface area contributed by atoms with Crippen LogP contribution in [0.2, 0.25) is 0 Å². The lowest BCUT2D eigenvalue weighted by Gasteiger charge is -2.08. The van der Waals surface area contributed by atoms with Crippen LogP contribution in [0.1, 0.15) is 22.3 Å². The van der Waals surface area contributed by atoms with Crippen LogP contribution in [0.3, 0.4) is 0 Å². The lowest BCUT2D eigenvalue weighted by atomic mass is 10.0. The highest BCUT2D eigenvalue weighted by atomic mass is 32.3. The van der Waals surface area contributed by atoms with Crippen LogP contribution in [-0.4, -0.2) is 25.0 Å². The highest BCUT2D eigenvalue weighted by Gasteiger charge is 2.30. The fraction of sp³-hybridized carbons (Fsp3) is 0.226. The first-order valence-electron chi connectivity index (χ1n) is 13.7. The van der Waals surface area contributed by atoms with Crippen molar-refractivity contribution < 1.29 is 0 Å². The first-order chi connectivity index (χ1) is 22.9. The van der Waals surface area contributed by atoms with Gasteiger partial charge in [0.1, 0.15) is 0 Å². The summed E-state index contributed by atoms with van der Waals surface area (Å²) in [5.41, 5.74) is 5.46. The molecule has 0 saturated carbocycles. The quantitative estimate of drug-likeness (QED) is 0.194. The molecular weight excluding hydrogens is 885 g/mol. The van der Waals surface area contributed by atoms with E-state index >= 15 is 0 Å². The van der Waals surface area contributed by atoms with Gasteiger partial charge in [0.15, 0.2) is 0 Å². The molecule has 0 bridgehead atoms. The van der Waals surface area contributed by atoms with Crippen LogP contribution in [0.4, 0.5) is 0 Å². The van der Waals surface area contributed by atoms with Gasteiger partial charge < -0.3 is 0 Å². The SMILES string of the molecule is CSC1=C(S)S/C(=C2/SC(SC)=C(SCc3ccc(Cc4ccc(CSC5=C(SC)S/C(=C6/SC(S)=C(SC)S6)S5)cc4)cc3)S2)S1. The van der Waals surface area contributed by atoms with Crippen LogP contribution in [0.25, 0.3) is 0 Å². The molecule has 4 aliphatic rings. The number of hydrogen-bond acceptors (Lipinski definition) is 16. The molecule has 248 valence electrons. The topological polar surface area (TPSA) is 0 Å². The number of benzene rings is 2.